The molecule has 0 fully saturated rings. The number of thiophene rings is 1. The van der Waals surface area contributed by atoms with Crippen molar-refractivity contribution < 1.29 is 14.7 Å². The van der Waals surface area contributed by atoms with E-state index in [4.69, 9.17) is 5.11 Å². The van der Waals surface area contributed by atoms with Gasteiger partial charge >= 0.3 is 5.97 Å². The molecule has 0 aliphatic heterocycles. The summed E-state index contributed by atoms with van der Waals surface area (Å²) in [5.74, 6) is -1.18. The lowest BCUT2D eigenvalue weighted by molar-refractivity contribution is 0.0697. The van der Waals surface area contributed by atoms with Crippen molar-refractivity contribution in [1.29, 1.82) is 0 Å². The third-order valence-electron chi connectivity index (χ3n) is 2.95. The molecule has 20 heavy (non-hydrogen) atoms. The predicted molar refractivity (Wildman–Crippen MR) is 78.1 cm³/mol. The van der Waals surface area contributed by atoms with Crippen LogP contribution in [0.15, 0.2) is 41.8 Å². The van der Waals surface area contributed by atoms with Gasteiger partial charge in [-0.3, -0.25) is 4.79 Å². The van der Waals surface area contributed by atoms with E-state index in [1.54, 1.807) is 28.4 Å². The number of nitrogens with zero attached hydrogens (tertiary/aromatic N) is 1. The molecule has 0 unspecified atom stereocenters. The van der Waals surface area contributed by atoms with Gasteiger partial charge in [0.2, 0.25) is 0 Å². The van der Waals surface area contributed by atoms with Gasteiger partial charge in [0.1, 0.15) is 0 Å². The fraction of sp³-hybridized carbons (Fsp3) is 0.200. The number of rotatable bonds is 5. The second-order valence-corrected chi connectivity index (χ2v) is 5.32. The van der Waals surface area contributed by atoms with Crippen molar-refractivity contribution >= 4 is 23.2 Å². The summed E-state index contributed by atoms with van der Waals surface area (Å²) in [5.41, 5.74) is 0.534. The maximum atomic E-state index is 12.4. The Bertz CT molecular complexity index is 607. The van der Waals surface area contributed by atoms with Crippen molar-refractivity contribution in [3.8, 4) is 0 Å². The average Bonchev–Trinajstić information content (AvgIpc) is 2.97. The molecule has 0 atom stereocenters. The van der Waals surface area contributed by atoms with E-state index < -0.39 is 5.97 Å². The van der Waals surface area contributed by atoms with E-state index >= 15 is 0 Å². The monoisotopic (exact) mass is 289 g/mol. The van der Waals surface area contributed by atoms with Gasteiger partial charge in [-0.25, -0.2) is 4.79 Å². The molecule has 1 aromatic heterocycles. The zero-order valence-electron chi connectivity index (χ0n) is 11.1. The van der Waals surface area contributed by atoms with Crippen LogP contribution >= 0.6 is 11.3 Å². The van der Waals surface area contributed by atoms with Crippen molar-refractivity contribution in [2.45, 2.75) is 13.5 Å². The summed E-state index contributed by atoms with van der Waals surface area (Å²) in [4.78, 5) is 26.2. The molecule has 0 bridgehead atoms. The van der Waals surface area contributed by atoms with E-state index in [9.17, 15) is 9.59 Å². The molecule has 104 valence electrons. The van der Waals surface area contributed by atoms with Crippen LogP contribution in [0.3, 0.4) is 0 Å². The number of carbonyl (C=O) groups is 2. The Balaban J connectivity index is 2.19. The highest BCUT2D eigenvalue weighted by molar-refractivity contribution is 7.09. The first-order valence-corrected chi connectivity index (χ1v) is 7.14. The minimum absolute atomic E-state index is 0.128. The first-order valence-electron chi connectivity index (χ1n) is 6.27. The summed E-state index contributed by atoms with van der Waals surface area (Å²) in [6.45, 7) is 3.03. The molecule has 0 spiro atoms. The molecule has 0 saturated carbocycles. The summed E-state index contributed by atoms with van der Waals surface area (Å²) in [5, 5.41) is 10.9. The predicted octanol–water partition coefficient (Wildman–Crippen LogP) is 3.11. The fourth-order valence-electron chi connectivity index (χ4n) is 1.89. The number of hydrogen-bond donors (Lipinski definition) is 1. The topological polar surface area (TPSA) is 57.6 Å². The lowest BCUT2D eigenvalue weighted by Gasteiger charge is -2.20. The number of carboxylic acids is 1. The third kappa shape index (κ3) is 3.24. The van der Waals surface area contributed by atoms with Crippen molar-refractivity contribution in [3.05, 3.63) is 57.8 Å². The Hall–Kier alpha value is -2.14. The summed E-state index contributed by atoms with van der Waals surface area (Å²) in [7, 11) is 0. The summed E-state index contributed by atoms with van der Waals surface area (Å²) >= 11 is 1.60. The van der Waals surface area contributed by atoms with Gasteiger partial charge in [-0.2, -0.15) is 0 Å². The van der Waals surface area contributed by atoms with Gasteiger partial charge in [0.15, 0.2) is 0 Å². The second-order valence-electron chi connectivity index (χ2n) is 4.28. The number of carbonyl (C=O) groups excluding carboxylic acids is 1. The summed E-state index contributed by atoms with van der Waals surface area (Å²) < 4.78 is 0. The van der Waals surface area contributed by atoms with Crippen LogP contribution in [0.1, 0.15) is 32.5 Å². The Morgan fingerprint density at radius 3 is 2.55 bits per heavy atom. The molecule has 0 aliphatic rings. The quantitative estimate of drug-likeness (QED) is 0.920. The lowest BCUT2D eigenvalue weighted by Crippen LogP contribution is -2.30. The van der Waals surface area contributed by atoms with E-state index in [1.165, 1.54) is 12.1 Å². The molecule has 1 N–H and O–H groups in total. The van der Waals surface area contributed by atoms with Crippen LogP contribution in [0.25, 0.3) is 0 Å². The number of amides is 1. The molecule has 1 amide bonds. The van der Waals surface area contributed by atoms with Crippen LogP contribution in [0.4, 0.5) is 0 Å². The largest absolute Gasteiger partial charge is 0.478 e. The lowest BCUT2D eigenvalue weighted by atomic mass is 10.1. The van der Waals surface area contributed by atoms with Gasteiger partial charge < -0.3 is 10.0 Å². The fourth-order valence-corrected chi connectivity index (χ4v) is 2.61. The van der Waals surface area contributed by atoms with Crippen LogP contribution in [0, 0.1) is 0 Å². The van der Waals surface area contributed by atoms with Gasteiger partial charge in [-0.05, 0) is 36.6 Å². The average molecular weight is 289 g/mol. The van der Waals surface area contributed by atoms with Crippen LogP contribution in [-0.4, -0.2) is 28.4 Å². The molecule has 4 nitrogen and oxygen atoms in total. The van der Waals surface area contributed by atoms with Gasteiger partial charge in [-0.15, -0.1) is 11.3 Å². The molecule has 1 aromatic carbocycles. The molecule has 0 aliphatic carbocycles. The molecule has 1 heterocycles. The highest BCUT2D eigenvalue weighted by Crippen LogP contribution is 2.15. The Morgan fingerprint density at radius 1 is 1.20 bits per heavy atom. The number of benzene rings is 1. The summed E-state index contributed by atoms with van der Waals surface area (Å²) in [6.07, 6.45) is 0. The zero-order valence-corrected chi connectivity index (χ0v) is 11.9. The van der Waals surface area contributed by atoms with E-state index in [-0.39, 0.29) is 11.5 Å². The minimum Gasteiger partial charge on any atom is -0.478 e. The smallest absolute Gasteiger partial charge is 0.335 e. The van der Waals surface area contributed by atoms with Gasteiger partial charge in [0.25, 0.3) is 5.91 Å². The highest BCUT2D eigenvalue weighted by Gasteiger charge is 2.16. The Morgan fingerprint density at radius 2 is 1.95 bits per heavy atom. The summed E-state index contributed by atoms with van der Waals surface area (Å²) in [6, 6.07) is 10.1. The van der Waals surface area contributed by atoms with Crippen LogP contribution in [0.2, 0.25) is 0 Å². The third-order valence-corrected chi connectivity index (χ3v) is 3.81. The van der Waals surface area contributed by atoms with E-state index in [0.29, 0.717) is 18.7 Å². The normalized spacial score (nSPS) is 10.2. The van der Waals surface area contributed by atoms with Gasteiger partial charge in [0.05, 0.1) is 12.1 Å². The van der Waals surface area contributed by atoms with E-state index in [0.717, 1.165) is 4.88 Å². The molecule has 2 aromatic rings. The number of hydrogen-bond acceptors (Lipinski definition) is 3. The first kappa shape index (κ1) is 14.3. The molecule has 0 saturated heterocycles. The standard InChI is InChI=1S/C15H15NO3S/c1-2-16(10-13-7-4-8-20-13)14(17)11-5-3-6-12(9-11)15(18)19/h3-9H,2,10H2,1H3,(H,18,19). The van der Waals surface area contributed by atoms with Crippen molar-refractivity contribution in [2.75, 3.05) is 6.54 Å². The first-order chi connectivity index (χ1) is 9.61. The van der Waals surface area contributed by atoms with Gasteiger partial charge in [-0.1, -0.05) is 12.1 Å². The molecular weight excluding hydrogens is 274 g/mol. The molecule has 2 rings (SSSR count). The van der Waals surface area contributed by atoms with E-state index in [2.05, 4.69) is 0 Å². The highest BCUT2D eigenvalue weighted by atomic mass is 32.1. The zero-order chi connectivity index (χ0) is 14.5. The second kappa shape index (κ2) is 6.34. The molecule has 0 radical (unpaired) electrons. The van der Waals surface area contributed by atoms with Crippen molar-refractivity contribution in [1.82, 2.24) is 4.90 Å². The van der Waals surface area contributed by atoms with Gasteiger partial charge in [0, 0.05) is 17.0 Å². The SMILES string of the molecule is CCN(Cc1cccs1)C(=O)c1cccc(C(=O)O)c1. The Labute approximate surface area is 121 Å². The van der Waals surface area contributed by atoms with Crippen molar-refractivity contribution in [2.24, 2.45) is 0 Å². The van der Waals surface area contributed by atoms with Crippen LogP contribution < -0.4 is 0 Å². The number of carboxylic acid groups (broad SMARTS) is 1. The molecule has 5 heteroatoms. The maximum absolute atomic E-state index is 12.4. The van der Waals surface area contributed by atoms with E-state index in [1.807, 2.05) is 24.4 Å². The minimum atomic E-state index is -1.03. The maximum Gasteiger partial charge on any atom is 0.335 e. The number of aromatic carboxylic acids is 1. The Kier molecular flexibility index (Phi) is 4.53. The van der Waals surface area contributed by atoms with Crippen LogP contribution in [-0.2, 0) is 6.54 Å². The molecular formula is C15H15NO3S. The van der Waals surface area contributed by atoms with Crippen molar-refractivity contribution in [3.63, 3.8) is 0 Å². The van der Waals surface area contributed by atoms with Crippen LogP contribution in [0.5, 0.6) is 0 Å².